The molecule has 0 aliphatic rings. The minimum Gasteiger partial charge on any atom is -0.324 e. The fourth-order valence-corrected chi connectivity index (χ4v) is 2.23. The van der Waals surface area contributed by atoms with Crippen LogP contribution < -0.4 is 5.73 Å². The van der Waals surface area contributed by atoms with Crippen LogP contribution in [0.5, 0.6) is 0 Å². The van der Waals surface area contributed by atoms with E-state index in [9.17, 15) is 0 Å². The standard InChI is InChI=1S/C13H12Cl2N2/c14-10-3-4-11(12(15)7-10)13(16)6-9-2-1-5-17-8-9/h1-5,7-8,13H,6,16H2. The molecule has 0 saturated heterocycles. The summed E-state index contributed by atoms with van der Waals surface area (Å²) in [5.74, 6) is 0. The van der Waals surface area contributed by atoms with Gasteiger partial charge in [0.05, 0.1) is 0 Å². The fourth-order valence-electron chi connectivity index (χ4n) is 1.68. The van der Waals surface area contributed by atoms with Gasteiger partial charge < -0.3 is 5.73 Å². The third kappa shape index (κ3) is 3.19. The Bertz CT molecular complexity index is 500. The lowest BCUT2D eigenvalue weighted by Gasteiger charge is -2.13. The maximum atomic E-state index is 6.12. The highest BCUT2D eigenvalue weighted by atomic mass is 35.5. The van der Waals surface area contributed by atoms with Crippen LogP contribution in [-0.4, -0.2) is 4.98 Å². The lowest BCUT2D eigenvalue weighted by Crippen LogP contribution is -2.13. The summed E-state index contributed by atoms with van der Waals surface area (Å²) in [4.78, 5) is 4.06. The molecule has 0 aliphatic heterocycles. The molecule has 1 heterocycles. The van der Waals surface area contributed by atoms with Crippen LogP contribution in [0.3, 0.4) is 0 Å². The van der Waals surface area contributed by atoms with Crippen LogP contribution in [0.1, 0.15) is 17.2 Å². The lowest BCUT2D eigenvalue weighted by atomic mass is 10.0. The number of benzene rings is 1. The molecule has 0 bridgehead atoms. The first-order chi connectivity index (χ1) is 8.16. The van der Waals surface area contributed by atoms with Crippen molar-refractivity contribution < 1.29 is 0 Å². The average molecular weight is 267 g/mol. The molecule has 0 saturated carbocycles. The first kappa shape index (κ1) is 12.4. The average Bonchev–Trinajstić information content (AvgIpc) is 2.30. The highest BCUT2D eigenvalue weighted by molar-refractivity contribution is 6.35. The van der Waals surface area contributed by atoms with E-state index in [1.54, 1.807) is 18.3 Å². The third-order valence-corrected chi connectivity index (χ3v) is 3.10. The van der Waals surface area contributed by atoms with Crippen molar-refractivity contribution in [2.75, 3.05) is 0 Å². The second-order valence-electron chi connectivity index (χ2n) is 3.84. The van der Waals surface area contributed by atoms with Gasteiger partial charge in [0.1, 0.15) is 0 Å². The molecule has 2 N–H and O–H groups in total. The Balaban J connectivity index is 2.17. The van der Waals surface area contributed by atoms with E-state index in [2.05, 4.69) is 4.98 Å². The predicted molar refractivity (Wildman–Crippen MR) is 71.3 cm³/mol. The van der Waals surface area contributed by atoms with Gasteiger partial charge in [-0.15, -0.1) is 0 Å². The Kier molecular flexibility index (Phi) is 4.00. The SMILES string of the molecule is NC(Cc1cccnc1)c1ccc(Cl)cc1Cl. The van der Waals surface area contributed by atoms with Gasteiger partial charge in [-0.25, -0.2) is 0 Å². The summed E-state index contributed by atoms with van der Waals surface area (Å²) >= 11 is 12.0. The van der Waals surface area contributed by atoms with Gasteiger partial charge >= 0.3 is 0 Å². The van der Waals surface area contributed by atoms with Crippen LogP contribution >= 0.6 is 23.2 Å². The van der Waals surface area contributed by atoms with Gasteiger partial charge in [-0.3, -0.25) is 4.98 Å². The second-order valence-corrected chi connectivity index (χ2v) is 4.68. The smallest absolute Gasteiger partial charge is 0.0468 e. The van der Waals surface area contributed by atoms with Crippen molar-refractivity contribution in [1.82, 2.24) is 4.98 Å². The molecule has 2 rings (SSSR count). The van der Waals surface area contributed by atoms with Crippen LogP contribution in [0.4, 0.5) is 0 Å². The summed E-state index contributed by atoms with van der Waals surface area (Å²) in [5, 5.41) is 1.22. The minimum atomic E-state index is -0.149. The van der Waals surface area contributed by atoms with Gasteiger partial charge in [-0.2, -0.15) is 0 Å². The van der Waals surface area contributed by atoms with Gasteiger partial charge in [-0.1, -0.05) is 35.3 Å². The van der Waals surface area contributed by atoms with Crippen molar-refractivity contribution >= 4 is 23.2 Å². The number of rotatable bonds is 3. The first-order valence-electron chi connectivity index (χ1n) is 5.26. The van der Waals surface area contributed by atoms with Crippen LogP contribution in [0.25, 0.3) is 0 Å². The molecular formula is C13H12Cl2N2. The van der Waals surface area contributed by atoms with Crippen LogP contribution in [0, 0.1) is 0 Å². The van der Waals surface area contributed by atoms with Crippen molar-refractivity contribution in [1.29, 1.82) is 0 Å². The number of aromatic nitrogens is 1. The molecule has 0 spiro atoms. The van der Waals surface area contributed by atoms with Crippen LogP contribution in [-0.2, 0) is 6.42 Å². The van der Waals surface area contributed by atoms with E-state index in [4.69, 9.17) is 28.9 Å². The summed E-state index contributed by atoms with van der Waals surface area (Å²) in [6.45, 7) is 0. The van der Waals surface area contributed by atoms with Gasteiger partial charge in [0, 0.05) is 28.5 Å². The highest BCUT2D eigenvalue weighted by Crippen LogP contribution is 2.26. The second kappa shape index (κ2) is 5.50. The molecule has 0 radical (unpaired) electrons. The molecule has 0 amide bonds. The summed E-state index contributed by atoms with van der Waals surface area (Å²) in [6, 6.07) is 9.12. The van der Waals surface area contributed by atoms with Gasteiger partial charge in [-0.05, 0) is 35.7 Å². The van der Waals surface area contributed by atoms with Crippen molar-refractivity contribution in [3.8, 4) is 0 Å². The Morgan fingerprint density at radius 2 is 2.06 bits per heavy atom. The fraction of sp³-hybridized carbons (Fsp3) is 0.154. The molecule has 4 heteroatoms. The van der Waals surface area contributed by atoms with Gasteiger partial charge in [0.25, 0.3) is 0 Å². The molecule has 0 aliphatic carbocycles. The van der Waals surface area contributed by atoms with Crippen LogP contribution in [0.2, 0.25) is 10.0 Å². The zero-order chi connectivity index (χ0) is 12.3. The van der Waals surface area contributed by atoms with E-state index in [0.717, 1.165) is 11.1 Å². The predicted octanol–water partition coefficient (Wildman–Crippen LogP) is 3.63. The molecule has 2 aromatic rings. The van der Waals surface area contributed by atoms with E-state index in [1.807, 2.05) is 24.4 Å². The molecule has 1 aromatic carbocycles. The maximum absolute atomic E-state index is 6.12. The minimum absolute atomic E-state index is 0.149. The molecular weight excluding hydrogens is 255 g/mol. The number of pyridine rings is 1. The normalized spacial score (nSPS) is 12.4. The Labute approximate surface area is 110 Å². The number of nitrogens with zero attached hydrogens (tertiary/aromatic N) is 1. The third-order valence-electron chi connectivity index (χ3n) is 2.54. The molecule has 0 fully saturated rings. The summed E-state index contributed by atoms with van der Waals surface area (Å²) in [6.07, 6.45) is 4.25. The summed E-state index contributed by atoms with van der Waals surface area (Å²) < 4.78 is 0. The van der Waals surface area contributed by atoms with Gasteiger partial charge in [0.15, 0.2) is 0 Å². The van der Waals surface area contributed by atoms with Crippen molar-refractivity contribution in [2.45, 2.75) is 12.5 Å². The number of hydrogen-bond donors (Lipinski definition) is 1. The molecule has 1 atom stereocenters. The van der Waals surface area contributed by atoms with E-state index >= 15 is 0 Å². The Morgan fingerprint density at radius 1 is 1.24 bits per heavy atom. The molecule has 88 valence electrons. The van der Waals surface area contributed by atoms with Crippen LogP contribution in [0.15, 0.2) is 42.7 Å². The molecule has 1 aromatic heterocycles. The molecule has 2 nitrogen and oxygen atoms in total. The molecule has 1 unspecified atom stereocenters. The Morgan fingerprint density at radius 3 is 2.71 bits per heavy atom. The number of hydrogen-bond acceptors (Lipinski definition) is 2. The van der Waals surface area contributed by atoms with E-state index in [-0.39, 0.29) is 6.04 Å². The maximum Gasteiger partial charge on any atom is 0.0468 e. The molecule has 17 heavy (non-hydrogen) atoms. The topological polar surface area (TPSA) is 38.9 Å². The van der Waals surface area contributed by atoms with E-state index in [0.29, 0.717) is 16.5 Å². The van der Waals surface area contributed by atoms with E-state index < -0.39 is 0 Å². The van der Waals surface area contributed by atoms with Crippen molar-refractivity contribution in [3.05, 3.63) is 63.9 Å². The largest absolute Gasteiger partial charge is 0.324 e. The Hall–Kier alpha value is -1.09. The van der Waals surface area contributed by atoms with E-state index in [1.165, 1.54) is 0 Å². The monoisotopic (exact) mass is 266 g/mol. The number of halogens is 2. The van der Waals surface area contributed by atoms with Crippen molar-refractivity contribution in [3.63, 3.8) is 0 Å². The zero-order valence-corrected chi connectivity index (χ0v) is 10.6. The summed E-state index contributed by atoms with van der Waals surface area (Å²) in [5.41, 5.74) is 8.11. The van der Waals surface area contributed by atoms with Gasteiger partial charge in [0.2, 0.25) is 0 Å². The lowest BCUT2D eigenvalue weighted by molar-refractivity contribution is 0.720. The van der Waals surface area contributed by atoms with Crippen molar-refractivity contribution in [2.24, 2.45) is 5.73 Å². The highest BCUT2D eigenvalue weighted by Gasteiger charge is 2.11. The quantitative estimate of drug-likeness (QED) is 0.922. The first-order valence-corrected chi connectivity index (χ1v) is 6.02. The zero-order valence-electron chi connectivity index (χ0n) is 9.11. The summed E-state index contributed by atoms with van der Waals surface area (Å²) in [7, 11) is 0. The number of nitrogens with two attached hydrogens (primary N) is 1.